The third kappa shape index (κ3) is 3.19. The molecular weight excluding hydrogens is 544 g/mol. The van der Waals surface area contributed by atoms with Crippen LogP contribution in [0.15, 0.2) is 85.3 Å². The molecule has 9 rings (SSSR count). The third-order valence-corrected chi connectivity index (χ3v) is 9.84. The molecule has 0 N–H and O–H groups in total. The van der Waals surface area contributed by atoms with Gasteiger partial charge in [0.2, 0.25) is 0 Å². The highest BCUT2D eigenvalue weighted by atomic mass is 16.5. The van der Waals surface area contributed by atoms with Gasteiger partial charge in [-0.05, 0) is 48.7 Å². The zero-order valence-electron chi connectivity index (χ0n) is 25.5. The van der Waals surface area contributed by atoms with Gasteiger partial charge < -0.3 is 14.5 Å². The lowest BCUT2D eigenvalue weighted by Gasteiger charge is -2.31. The van der Waals surface area contributed by atoms with Gasteiger partial charge in [0, 0.05) is 24.6 Å². The van der Waals surface area contributed by atoms with Crippen LogP contribution in [0.1, 0.15) is 43.4 Å². The minimum Gasteiger partial charge on any atom is -0.453 e. The molecule has 0 spiro atoms. The van der Waals surface area contributed by atoms with E-state index in [1.165, 1.54) is 38.9 Å². The fourth-order valence-corrected chi connectivity index (χ4v) is 7.65. The molecule has 0 aliphatic carbocycles. The lowest BCUT2D eigenvalue weighted by molar-refractivity contribution is -0.617. The molecule has 0 unspecified atom stereocenters. The number of hydrogen-bond acceptors (Lipinski definition) is 5. The van der Waals surface area contributed by atoms with E-state index in [-0.39, 0.29) is 6.17 Å². The lowest BCUT2D eigenvalue weighted by Crippen LogP contribution is -2.36. The van der Waals surface area contributed by atoms with Crippen LogP contribution in [0.4, 0.5) is 17.1 Å². The van der Waals surface area contributed by atoms with Crippen LogP contribution >= 0.6 is 0 Å². The average molecular weight is 578 g/mol. The summed E-state index contributed by atoms with van der Waals surface area (Å²) in [6.45, 7) is 6.77. The Labute approximate surface area is 255 Å². The summed E-state index contributed by atoms with van der Waals surface area (Å²) >= 11 is 0. The van der Waals surface area contributed by atoms with Crippen molar-refractivity contribution in [1.29, 1.82) is 0 Å². The first kappa shape index (κ1) is 25.3. The largest absolute Gasteiger partial charge is 0.453 e. The molecule has 6 heterocycles. The predicted molar refractivity (Wildman–Crippen MR) is 177 cm³/mol. The highest BCUT2D eigenvalue weighted by Gasteiger charge is 2.36. The molecule has 44 heavy (non-hydrogen) atoms. The minimum absolute atomic E-state index is 0.134. The van der Waals surface area contributed by atoms with Crippen LogP contribution in [0, 0.1) is 0 Å². The SMILES string of the molecule is CC(C)c1cccc2c1c1ncc3c(c1c1n2c2ccccc2[n+]1C)Cc1c(cncc1N1c2ccccc2N(C)[C@H]1C)O3. The number of fused-ring (bicyclic) bond motifs is 12. The molecule has 7 aromatic rings. The number of aromatic nitrogens is 4. The second-order valence-electron chi connectivity index (χ2n) is 12.4. The lowest BCUT2D eigenvalue weighted by atomic mass is 9.92. The molecule has 1 atom stereocenters. The van der Waals surface area contributed by atoms with E-state index >= 15 is 0 Å². The number of para-hydroxylation sites is 4. The summed E-state index contributed by atoms with van der Waals surface area (Å²) < 4.78 is 11.5. The zero-order valence-corrected chi connectivity index (χ0v) is 25.5. The van der Waals surface area contributed by atoms with Crippen molar-refractivity contribution < 1.29 is 9.30 Å². The highest BCUT2D eigenvalue weighted by molar-refractivity contribution is 6.14. The van der Waals surface area contributed by atoms with Crippen molar-refractivity contribution in [2.24, 2.45) is 7.05 Å². The Morgan fingerprint density at radius 1 is 0.818 bits per heavy atom. The Kier molecular flexibility index (Phi) is 5.14. The molecule has 7 nitrogen and oxygen atoms in total. The summed E-state index contributed by atoms with van der Waals surface area (Å²) in [7, 11) is 4.32. The van der Waals surface area contributed by atoms with Crippen LogP contribution in [0.3, 0.4) is 0 Å². The van der Waals surface area contributed by atoms with E-state index in [0.717, 1.165) is 44.9 Å². The molecule has 2 aliphatic rings. The number of anilines is 3. The van der Waals surface area contributed by atoms with Crippen LogP contribution in [-0.4, -0.2) is 27.6 Å². The molecule has 0 radical (unpaired) electrons. The van der Waals surface area contributed by atoms with Crippen LogP contribution in [0.25, 0.3) is 38.5 Å². The van der Waals surface area contributed by atoms with E-state index in [2.05, 4.69) is 125 Å². The van der Waals surface area contributed by atoms with E-state index in [9.17, 15) is 0 Å². The van der Waals surface area contributed by atoms with E-state index in [0.29, 0.717) is 12.3 Å². The summed E-state index contributed by atoms with van der Waals surface area (Å²) in [6, 6.07) is 23.9. The number of hydrogen-bond donors (Lipinski definition) is 0. The number of nitrogens with zero attached hydrogens (tertiary/aromatic N) is 6. The van der Waals surface area contributed by atoms with Crippen molar-refractivity contribution in [3.63, 3.8) is 0 Å². The standard InChI is InChI=1S/C37H33N6O/c1-21(2)23-11-10-16-30-34(23)36-35(37-41(5)27-13-7-9-15-29(27)43(30)37)25-17-24-31(18-38-19-32(24)44-33(25)20-39-36)42-22(3)40(4)26-12-6-8-14-28(26)42/h6-16,18-22H,17H2,1-5H3/q+1/t22-/m1/s1. The molecule has 216 valence electrons. The van der Waals surface area contributed by atoms with Gasteiger partial charge in [0.25, 0.3) is 5.65 Å². The quantitative estimate of drug-likeness (QED) is 0.155. The number of pyridine rings is 3. The van der Waals surface area contributed by atoms with Gasteiger partial charge in [0.05, 0.1) is 59.0 Å². The monoisotopic (exact) mass is 577 g/mol. The van der Waals surface area contributed by atoms with Crippen LogP contribution in [-0.2, 0) is 13.5 Å². The fraction of sp³-hybridized carbons (Fsp3) is 0.216. The molecule has 0 bridgehead atoms. The maximum absolute atomic E-state index is 6.70. The smallest absolute Gasteiger partial charge is 0.297 e. The van der Waals surface area contributed by atoms with Gasteiger partial charge in [-0.1, -0.05) is 50.2 Å². The molecule has 2 aliphatic heterocycles. The van der Waals surface area contributed by atoms with Crippen molar-refractivity contribution in [3.05, 3.63) is 102 Å². The van der Waals surface area contributed by atoms with Crippen LogP contribution in [0.5, 0.6) is 11.5 Å². The van der Waals surface area contributed by atoms with Gasteiger partial charge >= 0.3 is 0 Å². The van der Waals surface area contributed by atoms with E-state index in [4.69, 9.17) is 9.72 Å². The second kappa shape index (κ2) is 8.92. The number of aryl methyl sites for hydroxylation is 1. The van der Waals surface area contributed by atoms with Crippen LogP contribution in [0.2, 0.25) is 0 Å². The van der Waals surface area contributed by atoms with Gasteiger partial charge in [-0.3, -0.25) is 9.97 Å². The maximum atomic E-state index is 6.70. The Morgan fingerprint density at radius 2 is 1.57 bits per heavy atom. The average Bonchev–Trinajstić information content (AvgIpc) is 3.49. The maximum Gasteiger partial charge on any atom is 0.297 e. The first-order valence-corrected chi connectivity index (χ1v) is 15.3. The van der Waals surface area contributed by atoms with Gasteiger partial charge in [-0.15, -0.1) is 0 Å². The summed E-state index contributed by atoms with van der Waals surface area (Å²) in [5, 5.41) is 2.35. The van der Waals surface area contributed by atoms with Crippen molar-refractivity contribution in [3.8, 4) is 11.5 Å². The minimum atomic E-state index is 0.134. The summed E-state index contributed by atoms with van der Waals surface area (Å²) in [4.78, 5) is 14.5. The second-order valence-corrected chi connectivity index (χ2v) is 12.4. The van der Waals surface area contributed by atoms with E-state index in [1.807, 2.05) is 18.6 Å². The molecule has 0 saturated heterocycles. The molecule has 0 amide bonds. The Balaban J connectivity index is 1.38. The topological polar surface area (TPSA) is 49.8 Å². The van der Waals surface area contributed by atoms with Gasteiger partial charge in [-0.25, -0.2) is 4.57 Å². The van der Waals surface area contributed by atoms with E-state index < -0.39 is 0 Å². The zero-order chi connectivity index (χ0) is 29.9. The molecular formula is C37H33N6O+. The van der Waals surface area contributed by atoms with E-state index in [1.54, 1.807) is 0 Å². The fourth-order valence-electron chi connectivity index (χ4n) is 7.65. The first-order valence-electron chi connectivity index (χ1n) is 15.3. The Bertz CT molecular complexity index is 2340. The number of benzene rings is 3. The molecule has 0 saturated carbocycles. The summed E-state index contributed by atoms with van der Waals surface area (Å²) in [5.41, 5.74) is 12.8. The molecule has 0 fully saturated rings. The highest BCUT2D eigenvalue weighted by Crippen LogP contribution is 2.49. The van der Waals surface area contributed by atoms with Gasteiger partial charge in [-0.2, -0.15) is 4.40 Å². The molecule has 7 heteroatoms. The van der Waals surface area contributed by atoms with Gasteiger partial charge in [0.1, 0.15) is 17.4 Å². The number of rotatable bonds is 2. The Hall–Kier alpha value is -5.17. The van der Waals surface area contributed by atoms with Crippen molar-refractivity contribution in [1.82, 2.24) is 14.4 Å². The summed E-state index contributed by atoms with van der Waals surface area (Å²) in [6.07, 6.45) is 6.61. The van der Waals surface area contributed by atoms with Crippen molar-refractivity contribution in [2.75, 3.05) is 16.8 Å². The third-order valence-electron chi connectivity index (χ3n) is 9.84. The van der Waals surface area contributed by atoms with Gasteiger partial charge in [0.15, 0.2) is 16.8 Å². The Morgan fingerprint density at radius 3 is 2.41 bits per heavy atom. The molecule has 4 aromatic heterocycles. The molecule has 3 aromatic carbocycles. The number of imidazole rings is 1. The van der Waals surface area contributed by atoms with Crippen LogP contribution < -0.4 is 19.1 Å². The van der Waals surface area contributed by atoms with Crippen molar-refractivity contribution >= 4 is 55.5 Å². The summed E-state index contributed by atoms with van der Waals surface area (Å²) in [5.74, 6) is 1.93. The predicted octanol–water partition coefficient (Wildman–Crippen LogP) is 7.77. The first-order chi connectivity index (χ1) is 21.4. The number of ether oxygens (including phenoxy) is 1. The van der Waals surface area contributed by atoms with Crippen molar-refractivity contribution in [2.45, 2.75) is 39.3 Å². The normalized spacial score (nSPS) is 15.8.